The number of benzene rings is 3. The van der Waals surface area contributed by atoms with Crippen molar-refractivity contribution in [1.29, 1.82) is 0 Å². The summed E-state index contributed by atoms with van der Waals surface area (Å²) in [5.74, 6) is 3.14. The summed E-state index contributed by atoms with van der Waals surface area (Å²) in [6.07, 6.45) is 0.682. The van der Waals surface area contributed by atoms with E-state index in [1.165, 1.54) is 0 Å². The number of nitrogens with zero attached hydrogens (tertiary/aromatic N) is 1. The lowest BCUT2D eigenvalue weighted by Gasteiger charge is -2.37. The zero-order valence-electron chi connectivity index (χ0n) is 20.0. The minimum absolute atomic E-state index is 0.0940. The van der Waals surface area contributed by atoms with Gasteiger partial charge in [-0.05, 0) is 78.2 Å². The maximum Gasteiger partial charge on any atom is 0.261 e. The molecular formula is C27H28ClNO6. The number of hydrogen-bond acceptors (Lipinski definition) is 6. The van der Waals surface area contributed by atoms with E-state index in [1.54, 1.807) is 50.5 Å². The van der Waals surface area contributed by atoms with E-state index in [0.29, 0.717) is 41.0 Å². The Morgan fingerprint density at radius 3 is 2.11 bits per heavy atom. The second-order valence-electron chi connectivity index (χ2n) is 7.99. The Morgan fingerprint density at radius 1 is 0.857 bits per heavy atom. The molecule has 1 atom stereocenters. The van der Waals surface area contributed by atoms with Crippen LogP contribution < -0.4 is 23.7 Å². The van der Waals surface area contributed by atoms with E-state index in [2.05, 4.69) is 0 Å². The lowest BCUT2D eigenvalue weighted by Crippen LogP contribution is -2.44. The summed E-state index contributed by atoms with van der Waals surface area (Å²) < 4.78 is 28.1. The van der Waals surface area contributed by atoms with E-state index >= 15 is 0 Å². The van der Waals surface area contributed by atoms with Crippen LogP contribution in [0, 0.1) is 0 Å². The maximum absolute atomic E-state index is 13.3. The predicted octanol–water partition coefficient (Wildman–Crippen LogP) is 4.95. The van der Waals surface area contributed by atoms with Crippen LogP contribution in [-0.2, 0) is 11.2 Å². The third kappa shape index (κ3) is 5.74. The first-order chi connectivity index (χ1) is 17.0. The summed E-state index contributed by atoms with van der Waals surface area (Å²) in [6.45, 7) is 0.701. The van der Waals surface area contributed by atoms with Crippen molar-refractivity contribution in [1.82, 2.24) is 4.90 Å². The van der Waals surface area contributed by atoms with Gasteiger partial charge in [0.05, 0.1) is 27.4 Å². The number of amides is 1. The smallest absolute Gasteiger partial charge is 0.261 e. The Hall–Kier alpha value is -3.58. The SMILES string of the molecule is COc1ccc(OC[C@@H]2c3cc(OC)c(OC)cc3CCN2C(=O)COc2ccc(Cl)cc2)cc1. The predicted molar refractivity (Wildman–Crippen MR) is 133 cm³/mol. The number of carbonyl (C=O) groups is 1. The largest absolute Gasteiger partial charge is 0.497 e. The van der Waals surface area contributed by atoms with E-state index < -0.39 is 0 Å². The molecule has 0 unspecified atom stereocenters. The number of hydrogen-bond donors (Lipinski definition) is 0. The maximum atomic E-state index is 13.3. The number of carbonyl (C=O) groups excluding carboxylic acids is 1. The lowest BCUT2D eigenvalue weighted by molar-refractivity contribution is -0.137. The van der Waals surface area contributed by atoms with Crippen molar-refractivity contribution in [2.75, 3.05) is 41.1 Å². The molecule has 7 nitrogen and oxygen atoms in total. The standard InChI is InChI=1S/C27H28ClNO6/c1-31-20-8-10-22(11-9-20)34-16-24-23-15-26(33-3)25(32-2)14-18(23)12-13-29(24)27(30)17-35-21-6-4-19(28)5-7-21/h4-11,14-15,24H,12-13,16-17H2,1-3H3/t24-/m1/s1. The Labute approximate surface area is 210 Å². The van der Waals surface area contributed by atoms with Gasteiger partial charge in [0.2, 0.25) is 0 Å². The molecule has 0 aromatic heterocycles. The molecule has 1 amide bonds. The monoisotopic (exact) mass is 497 g/mol. The summed E-state index contributed by atoms with van der Waals surface area (Å²) in [6, 6.07) is 17.8. The number of methoxy groups -OCH3 is 3. The van der Waals surface area contributed by atoms with E-state index in [9.17, 15) is 4.79 Å². The Kier molecular flexibility index (Phi) is 7.87. The molecular weight excluding hydrogens is 470 g/mol. The second kappa shape index (κ2) is 11.2. The number of rotatable bonds is 9. The second-order valence-corrected chi connectivity index (χ2v) is 8.42. The Balaban J connectivity index is 1.57. The molecule has 0 N–H and O–H groups in total. The van der Waals surface area contributed by atoms with Crippen molar-refractivity contribution in [2.45, 2.75) is 12.5 Å². The van der Waals surface area contributed by atoms with Crippen LogP contribution in [0.3, 0.4) is 0 Å². The highest BCUT2D eigenvalue weighted by molar-refractivity contribution is 6.30. The average molecular weight is 498 g/mol. The van der Waals surface area contributed by atoms with Gasteiger partial charge in [-0.15, -0.1) is 0 Å². The van der Waals surface area contributed by atoms with Crippen LogP contribution in [-0.4, -0.2) is 51.9 Å². The van der Waals surface area contributed by atoms with Crippen molar-refractivity contribution in [2.24, 2.45) is 0 Å². The van der Waals surface area contributed by atoms with Crippen molar-refractivity contribution in [3.63, 3.8) is 0 Å². The fraction of sp³-hybridized carbons (Fsp3) is 0.296. The number of ether oxygens (including phenoxy) is 5. The molecule has 184 valence electrons. The molecule has 0 radical (unpaired) electrons. The van der Waals surface area contributed by atoms with Gasteiger partial charge in [-0.3, -0.25) is 4.79 Å². The number of halogens is 1. The minimum Gasteiger partial charge on any atom is -0.497 e. The van der Waals surface area contributed by atoms with Crippen LogP contribution in [0.4, 0.5) is 0 Å². The van der Waals surface area contributed by atoms with Gasteiger partial charge in [-0.25, -0.2) is 0 Å². The van der Waals surface area contributed by atoms with Gasteiger partial charge in [0.25, 0.3) is 5.91 Å². The molecule has 1 heterocycles. The molecule has 1 aliphatic rings. The summed E-state index contributed by atoms with van der Waals surface area (Å²) in [5, 5.41) is 0.608. The van der Waals surface area contributed by atoms with Crippen LogP contribution in [0.2, 0.25) is 5.02 Å². The molecule has 1 aliphatic heterocycles. The van der Waals surface area contributed by atoms with E-state index in [1.807, 2.05) is 36.4 Å². The minimum atomic E-state index is -0.332. The van der Waals surface area contributed by atoms with E-state index in [0.717, 1.165) is 16.9 Å². The molecule has 8 heteroatoms. The third-order valence-electron chi connectivity index (χ3n) is 5.97. The van der Waals surface area contributed by atoms with Crippen molar-refractivity contribution in [3.05, 3.63) is 76.8 Å². The highest BCUT2D eigenvalue weighted by Crippen LogP contribution is 2.38. The summed E-state index contributed by atoms with van der Waals surface area (Å²) in [5.41, 5.74) is 2.05. The first kappa shape index (κ1) is 24.5. The zero-order valence-corrected chi connectivity index (χ0v) is 20.7. The van der Waals surface area contributed by atoms with E-state index in [-0.39, 0.29) is 25.2 Å². The summed E-state index contributed by atoms with van der Waals surface area (Å²) >= 11 is 5.94. The van der Waals surface area contributed by atoms with Gasteiger partial charge in [-0.2, -0.15) is 0 Å². The fourth-order valence-corrected chi connectivity index (χ4v) is 4.24. The van der Waals surface area contributed by atoms with Gasteiger partial charge in [-0.1, -0.05) is 11.6 Å². The fourth-order valence-electron chi connectivity index (χ4n) is 4.11. The molecule has 0 bridgehead atoms. The normalized spacial score (nSPS) is 14.6. The van der Waals surface area contributed by atoms with Gasteiger partial charge in [0.1, 0.15) is 23.9 Å². The van der Waals surface area contributed by atoms with Crippen LogP contribution >= 0.6 is 11.6 Å². The molecule has 0 fully saturated rings. The highest BCUT2D eigenvalue weighted by atomic mass is 35.5. The summed E-state index contributed by atoms with van der Waals surface area (Å²) in [7, 11) is 4.83. The first-order valence-corrected chi connectivity index (χ1v) is 11.6. The van der Waals surface area contributed by atoms with Crippen molar-refractivity contribution in [3.8, 4) is 28.7 Å². The van der Waals surface area contributed by atoms with Crippen LogP contribution in [0.5, 0.6) is 28.7 Å². The van der Waals surface area contributed by atoms with Gasteiger partial charge in [0, 0.05) is 11.6 Å². The Bertz CT molecular complexity index is 1150. The molecule has 3 aromatic carbocycles. The molecule has 0 saturated heterocycles. The topological polar surface area (TPSA) is 66.5 Å². The van der Waals surface area contributed by atoms with Gasteiger partial charge in [0.15, 0.2) is 18.1 Å². The average Bonchev–Trinajstić information content (AvgIpc) is 2.90. The quantitative estimate of drug-likeness (QED) is 0.417. The molecule has 0 spiro atoms. The number of fused-ring (bicyclic) bond motifs is 1. The van der Waals surface area contributed by atoms with Crippen LogP contribution in [0.1, 0.15) is 17.2 Å². The molecule has 0 aliphatic carbocycles. The van der Waals surface area contributed by atoms with Crippen molar-refractivity contribution >= 4 is 17.5 Å². The molecule has 0 saturated carbocycles. The van der Waals surface area contributed by atoms with E-state index in [4.69, 9.17) is 35.3 Å². The highest BCUT2D eigenvalue weighted by Gasteiger charge is 2.33. The van der Waals surface area contributed by atoms with Crippen molar-refractivity contribution < 1.29 is 28.5 Å². The molecule has 4 rings (SSSR count). The third-order valence-corrected chi connectivity index (χ3v) is 6.22. The molecule has 3 aromatic rings. The molecule has 35 heavy (non-hydrogen) atoms. The first-order valence-electron chi connectivity index (χ1n) is 11.2. The van der Waals surface area contributed by atoms with Crippen LogP contribution in [0.25, 0.3) is 0 Å². The Morgan fingerprint density at radius 2 is 1.46 bits per heavy atom. The van der Waals surface area contributed by atoms with Gasteiger partial charge >= 0.3 is 0 Å². The summed E-state index contributed by atoms with van der Waals surface area (Å²) in [4.78, 5) is 15.1. The van der Waals surface area contributed by atoms with Gasteiger partial charge < -0.3 is 28.6 Å². The lowest BCUT2D eigenvalue weighted by atomic mass is 9.92. The van der Waals surface area contributed by atoms with Crippen LogP contribution in [0.15, 0.2) is 60.7 Å². The zero-order chi connectivity index (χ0) is 24.8.